The molecule has 6 atom stereocenters. The molecule has 1 fully saturated rings. The number of aliphatic carboxylic acids is 1. The topological polar surface area (TPSA) is 323 Å². The van der Waals surface area contributed by atoms with Crippen LogP contribution in [0.4, 0.5) is 0 Å². The molecular weight excluding hydrogens is 673 g/mol. The number of aromatic amines is 1. The zero-order valence-corrected chi connectivity index (χ0v) is 26.3. The number of ether oxygens (including phenoxy) is 1. The van der Waals surface area contributed by atoms with Crippen LogP contribution >= 0.6 is 23.5 Å². The second kappa shape index (κ2) is 17.0. The highest BCUT2D eigenvalue weighted by molar-refractivity contribution is 7.66. The molecule has 1 aliphatic heterocycles. The van der Waals surface area contributed by atoms with Gasteiger partial charge in [0.1, 0.15) is 18.4 Å². The van der Waals surface area contributed by atoms with E-state index < -0.39 is 77.7 Å². The maximum absolute atomic E-state index is 12.4. The molecule has 0 radical (unpaired) electrons. The molecular formula is C21H35N4O17P3. The zero-order chi connectivity index (χ0) is 34.0. The molecule has 9 N–H and O–H groups in total. The van der Waals surface area contributed by atoms with Crippen LogP contribution in [0.25, 0.3) is 6.08 Å². The first-order chi connectivity index (χ1) is 20.8. The number of H-pyrrole nitrogens is 1. The largest absolute Gasteiger partial charge is 0.490 e. The average molecular weight is 708 g/mol. The summed E-state index contributed by atoms with van der Waals surface area (Å²) in [5, 5.41) is 24.6. The minimum Gasteiger partial charge on any atom is -0.480 e. The van der Waals surface area contributed by atoms with Gasteiger partial charge in [-0.2, -0.15) is 8.62 Å². The van der Waals surface area contributed by atoms with E-state index in [-0.39, 0.29) is 12.0 Å². The third kappa shape index (κ3) is 14.3. The van der Waals surface area contributed by atoms with Gasteiger partial charge < -0.3 is 45.2 Å². The van der Waals surface area contributed by atoms with E-state index in [0.717, 1.165) is 42.2 Å². The van der Waals surface area contributed by atoms with Gasteiger partial charge in [0.2, 0.25) is 5.91 Å². The van der Waals surface area contributed by atoms with E-state index >= 15 is 0 Å². The molecule has 2 unspecified atom stereocenters. The lowest BCUT2D eigenvalue weighted by atomic mass is 10.2. The average Bonchev–Trinajstić information content (AvgIpc) is 3.26. The summed E-state index contributed by atoms with van der Waals surface area (Å²) in [6.07, 6.45) is 1.87. The Morgan fingerprint density at radius 2 is 1.73 bits per heavy atom. The predicted molar refractivity (Wildman–Crippen MR) is 151 cm³/mol. The molecule has 1 saturated heterocycles. The van der Waals surface area contributed by atoms with Crippen LogP contribution < -0.4 is 21.9 Å². The van der Waals surface area contributed by atoms with Crippen molar-refractivity contribution in [2.45, 2.75) is 63.5 Å². The lowest BCUT2D eigenvalue weighted by Crippen LogP contribution is -2.34. The number of carboxylic acids is 1. The van der Waals surface area contributed by atoms with E-state index in [9.17, 15) is 47.8 Å². The van der Waals surface area contributed by atoms with E-state index in [1.807, 2.05) is 4.98 Å². The van der Waals surface area contributed by atoms with Crippen molar-refractivity contribution in [1.82, 2.24) is 20.2 Å². The molecule has 21 nitrogen and oxygen atoms in total. The number of hydrogen-bond acceptors (Lipinski definition) is 13. The number of nitrogens with one attached hydrogen (secondary N) is 3. The van der Waals surface area contributed by atoms with E-state index in [1.54, 1.807) is 6.92 Å². The summed E-state index contributed by atoms with van der Waals surface area (Å²) in [4.78, 5) is 85.5. The molecule has 1 amide bonds. The molecule has 2 heterocycles. The number of nitrogens with zero attached hydrogens (tertiary/aromatic N) is 1. The summed E-state index contributed by atoms with van der Waals surface area (Å²) >= 11 is 0. The Morgan fingerprint density at radius 3 is 2.36 bits per heavy atom. The molecule has 0 aliphatic carbocycles. The van der Waals surface area contributed by atoms with Gasteiger partial charge in [-0.25, -0.2) is 18.5 Å². The fourth-order valence-electron chi connectivity index (χ4n) is 3.79. The van der Waals surface area contributed by atoms with Crippen molar-refractivity contribution in [3.8, 4) is 0 Å². The molecule has 0 saturated carbocycles. The highest BCUT2D eigenvalue weighted by Gasteiger charge is 2.43. The van der Waals surface area contributed by atoms with E-state index in [2.05, 4.69) is 23.8 Å². The van der Waals surface area contributed by atoms with E-state index in [1.165, 1.54) is 0 Å². The van der Waals surface area contributed by atoms with Crippen molar-refractivity contribution in [1.29, 1.82) is 0 Å². The quantitative estimate of drug-likeness (QED) is 0.0486. The van der Waals surface area contributed by atoms with Gasteiger partial charge in [0, 0.05) is 25.2 Å². The lowest BCUT2D eigenvalue weighted by molar-refractivity contribution is -0.139. The summed E-state index contributed by atoms with van der Waals surface area (Å²) in [6.45, 7) is 1.47. The standard InChI is InChI=1S/C21H35N4O17P3/c1-13(20(29)30)22-8-4-2-3-5-9-23-17(27)7-6-14-11-25(21(31)24-19(14)28)18-10-15(26)16(40-18)12-39-44(35,36)42-45(37,38)41-43(32,33)34/h6-7,11,13,15-16,18,22,26H,2-5,8-10,12H2,1H3,(H,23,27)(H,29,30)(H,35,36)(H,37,38)(H,24,28,31)(H2,32,33,34)/b7-6+/t13-,15-,16+,18+/m0/s1. The number of phosphoric acid groups is 3. The van der Waals surface area contributed by atoms with Gasteiger partial charge in [-0.15, -0.1) is 0 Å². The number of aromatic nitrogens is 2. The van der Waals surface area contributed by atoms with Gasteiger partial charge in [0.25, 0.3) is 5.56 Å². The Labute approximate surface area is 254 Å². The maximum Gasteiger partial charge on any atom is 0.490 e. The molecule has 256 valence electrons. The minimum absolute atomic E-state index is 0.136. The molecule has 1 aromatic heterocycles. The van der Waals surface area contributed by atoms with Crippen molar-refractivity contribution >= 4 is 41.4 Å². The smallest absolute Gasteiger partial charge is 0.480 e. The number of aliphatic hydroxyl groups is 1. The Bertz CT molecular complexity index is 1470. The number of hydrogen-bond donors (Lipinski definition) is 9. The van der Waals surface area contributed by atoms with Crippen LogP contribution in [0.1, 0.15) is 50.8 Å². The van der Waals surface area contributed by atoms with Crippen molar-refractivity contribution in [2.75, 3.05) is 19.7 Å². The van der Waals surface area contributed by atoms with Gasteiger partial charge in [-0.1, -0.05) is 12.8 Å². The highest BCUT2D eigenvalue weighted by atomic mass is 31.3. The van der Waals surface area contributed by atoms with E-state index in [4.69, 9.17) is 19.6 Å². The summed E-state index contributed by atoms with van der Waals surface area (Å²) in [7, 11) is -16.8. The third-order valence-corrected chi connectivity index (χ3v) is 9.77. The molecule has 0 aromatic carbocycles. The number of carbonyl (C=O) groups excluding carboxylic acids is 1. The molecule has 0 bridgehead atoms. The third-order valence-electron chi connectivity index (χ3n) is 5.97. The Kier molecular flexibility index (Phi) is 14.7. The zero-order valence-electron chi connectivity index (χ0n) is 23.7. The maximum atomic E-state index is 12.4. The summed E-state index contributed by atoms with van der Waals surface area (Å²) in [5.74, 6) is -1.46. The normalized spacial score (nSPS) is 22.1. The number of aliphatic hydroxyl groups excluding tert-OH is 1. The summed E-state index contributed by atoms with van der Waals surface area (Å²) in [6, 6.07) is -0.632. The molecule has 1 aliphatic rings. The number of carbonyl (C=O) groups is 2. The number of rotatable bonds is 19. The number of carboxylic acid groups (broad SMARTS) is 1. The van der Waals surface area contributed by atoms with Crippen molar-refractivity contribution in [3.63, 3.8) is 0 Å². The first kappa shape index (κ1) is 38.8. The Balaban J connectivity index is 1.89. The van der Waals surface area contributed by atoms with Gasteiger partial charge in [-0.3, -0.25) is 28.5 Å². The predicted octanol–water partition coefficient (Wildman–Crippen LogP) is -0.719. The fourth-order valence-corrected chi connectivity index (χ4v) is 6.82. The Morgan fingerprint density at radius 1 is 1.09 bits per heavy atom. The second-order valence-corrected chi connectivity index (χ2v) is 14.0. The second-order valence-electron chi connectivity index (χ2n) is 9.62. The van der Waals surface area contributed by atoms with E-state index in [0.29, 0.717) is 19.5 Å². The molecule has 2 rings (SSSR count). The Hall–Kier alpha value is -2.35. The van der Waals surface area contributed by atoms with Crippen LogP contribution in [-0.2, 0) is 41.2 Å². The molecule has 24 heteroatoms. The summed E-state index contributed by atoms with van der Waals surface area (Å²) < 4.78 is 52.0. The highest BCUT2D eigenvalue weighted by Crippen LogP contribution is 2.66. The fraction of sp³-hybridized carbons (Fsp3) is 0.619. The van der Waals surface area contributed by atoms with Crippen LogP contribution in [-0.4, -0.2) is 89.2 Å². The van der Waals surface area contributed by atoms with Crippen LogP contribution in [0.2, 0.25) is 0 Å². The molecule has 45 heavy (non-hydrogen) atoms. The minimum atomic E-state index is -5.76. The lowest BCUT2D eigenvalue weighted by Gasteiger charge is -2.19. The van der Waals surface area contributed by atoms with Crippen LogP contribution in [0.15, 0.2) is 21.9 Å². The number of phosphoric ester groups is 1. The van der Waals surface area contributed by atoms with Crippen molar-refractivity contribution in [3.05, 3.63) is 38.7 Å². The first-order valence-corrected chi connectivity index (χ1v) is 17.7. The van der Waals surface area contributed by atoms with Gasteiger partial charge >= 0.3 is 35.1 Å². The monoisotopic (exact) mass is 708 g/mol. The van der Waals surface area contributed by atoms with Gasteiger partial charge in [0.05, 0.1) is 18.3 Å². The van der Waals surface area contributed by atoms with Crippen LogP contribution in [0.5, 0.6) is 0 Å². The van der Waals surface area contributed by atoms with Gasteiger partial charge in [-0.05, 0) is 32.4 Å². The SMILES string of the molecule is C[C@H](NCCCCCCNC(=O)/C=C/c1cn([C@H]2C[C@H](O)[C@@H](COP(=O)(O)OP(=O)(O)OP(=O)(O)O)O2)c(=O)[nH]c1=O)C(=O)O. The summed E-state index contributed by atoms with van der Waals surface area (Å²) in [5.41, 5.74) is -1.93. The molecule has 0 spiro atoms. The van der Waals surface area contributed by atoms with Gasteiger partial charge in [0.15, 0.2) is 0 Å². The number of amides is 1. The van der Waals surface area contributed by atoms with Crippen LogP contribution in [0.3, 0.4) is 0 Å². The van der Waals surface area contributed by atoms with Crippen molar-refractivity contribution in [2.24, 2.45) is 0 Å². The number of unbranched alkanes of at least 4 members (excludes halogenated alkanes) is 3. The van der Waals surface area contributed by atoms with Crippen molar-refractivity contribution < 1.29 is 71.0 Å². The first-order valence-electron chi connectivity index (χ1n) is 13.2. The molecule has 1 aromatic rings. The van der Waals surface area contributed by atoms with Crippen LogP contribution in [0, 0.1) is 0 Å².